The van der Waals surface area contributed by atoms with Gasteiger partial charge in [-0.3, -0.25) is 4.79 Å². The summed E-state index contributed by atoms with van der Waals surface area (Å²) in [5.41, 5.74) is 1.95. The molecule has 4 nitrogen and oxygen atoms in total. The molecule has 3 aromatic rings. The van der Waals surface area contributed by atoms with Gasteiger partial charge in [0.25, 0.3) is 5.91 Å². The van der Waals surface area contributed by atoms with Crippen molar-refractivity contribution >= 4 is 16.8 Å². The Kier molecular flexibility index (Phi) is 4.39. The quantitative estimate of drug-likeness (QED) is 0.785. The van der Waals surface area contributed by atoms with E-state index in [-0.39, 0.29) is 24.4 Å². The van der Waals surface area contributed by atoms with E-state index in [0.717, 1.165) is 18.2 Å². The van der Waals surface area contributed by atoms with Crippen LogP contribution >= 0.6 is 0 Å². The Morgan fingerprint density at radius 2 is 1.96 bits per heavy atom. The number of benzene rings is 2. The lowest BCUT2D eigenvalue weighted by Crippen LogP contribution is -2.37. The van der Waals surface area contributed by atoms with E-state index >= 15 is 0 Å². The van der Waals surface area contributed by atoms with Crippen LogP contribution in [-0.2, 0) is 0 Å². The SMILES string of the molecule is O=C(c1cc(-c2ccccc2F)nc2ccccc12)N1CCC[C@@H]1CO. The van der Waals surface area contributed by atoms with E-state index in [0.29, 0.717) is 28.9 Å². The van der Waals surface area contributed by atoms with Crippen LogP contribution in [0.1, 0.15) is 23.2 Å². The molecule has 132 valence electrons. The van der Waals surface area contributed by atoms with Gasteiger partial charge in [-0.05, 0) is 37.1 Å². The third kappa shape index (κ3) is 2.84. The van der Waals surface area contributed by atoms with E-state index in [1.807, 2.05) is 24.3 Å². The molecule has 26 heavy (non-hydrogen) atoms. The largest absolute Gasteiger partial charge is 0.394 e. The number of para-hydroxylation sites is 1. The van der Waals surface area contributed by atoms with E-state index in [9.17, 15) is 14.3 Å². The molecular weight excluding hydrogens is 331 g/mol. The fraction of sp³-hybridized carbons (Fsp3) is 0.238. The van der Waals surface area contributed by atoms with E-state index < -0.39 is 0 Å². The highest BCUT2D eigenvalue weighted by Gasteiger charge is 2.30. The molecule has 2 heterocycles. The Balaban J connectivity index is 1.88. The van der Waals surface area contributed by atoms with Crippen molar-refractivity contribution in [3.05, 3.63) is 66.0 Å². The number of amides is 1. The minimum Gasteiger partial charge on any atom is -0.394 e. The van der Waals surface area contributed by atoms with Crippen molar-refractivity contribution in [2.45, 2.75) is 18.9 Å². The van der Waals surface area contributed by atoms with Gasteiger partial charge in [-0.15, -0.1) is 0 Å². The molecule has 1 saturated heterocycles. The first-order chi connectivity index (χ1) is 12.7. The van der Waals surface area contributed by atoms with Crippen molar-refractivity contribution in [2.24, 2.45) is 0 Å². The summed E-state index contributed by atoms with van der Waals surface area (Å²) in [6.07, 6.45) is 1.67. The molecule has 1 aliphatic heterocycles. The molecule has 1 aliphatic rings. The van der Waals surface area contributed by atoms with Crippen LogP contribution in [0.2, 0.25) is 0 Å². The summed E-state index contributed by atoms with van der Waals surface area (Å²) in [4.78, 5) is 19.5. The molecule has 5 heteroatoms. The van der Waals surface area contributed by atoms with Gasteiger partial charge in [0.15, 0.2) is 0 Å². The van der Waals surface area contributed by atoms with Crippen LogP contribution in [0.25, 0.3) is 22.2 Å². The first kappa shape index (κ1) is 16.7. The molecule has 0 unspecified atom stereocenters. The van der Waals surface area contributed by atoms with Crippen molar-refractivity contribution in [3.63, 3.8) is 0 Å². The van der Waals surface area contributed by atoms with Crippen LogP contribution < -0.4 is 0 Å². The first-order valence-electron chi connectivity index (χ1n) is 8.75. The Bertz CT molecular complexity index is 973. The number of aliphatic hydroxyl groups excluding tert-OH is 1. The standard InChI is InChI=1S/C21H19FN2O2/c22-18-9-3-1-8-16(18)20-12-17(15-7-2-4-10-19(15)23-20)21(26)24-11-5-6-14(24)13-25/h1-4,7-10,12,14,25H,5-6,11,13H2/t14-/m1/s1. The number of carbonyl (C=O) groups is 1. The number of fused-ring (bicyclic) bond motifs is 1. The van der Waals surface area contributed by atoms with Crippen LogP contribution in [0, 0.1) is 5.82 Å². The molecule has 4 rings (SSSR count). The number of rotatable bonds is 3. The second-order valence-electron chi connectivity index (χ2n) is 6.53. The molecule has 0 aliphatic carbocycles. The van der Waals surface area contributed by atoms with Crippen LogP contribution in [0.3, 0.4) is 0 Å². The van der Waals surface area contributed by atoms with Gasteiger partial charge in [0.2, 0.25) is 0 Å². The summed E-state index contributed by atoms with van der Waals surface area (Å²) in [7, 11) is 0. The zero-order valence-electron chi connectivity index (χ0n) is 14.2. The molecule has 2 aromatic carbocycles. The Hall–Kier alpha value is -2.79. The number of aromatic nitrogens is 1. The third-order valence-corrected chi connectivity index (χ3v) is 4.95. The molecule has 1 fully saturated rings. The highest BCUT2D eigenvalue weighted by molar-refractivity contribution is 6.07. The maximum absolute atomic E-state index is 14.3. The lowest BCUT2D eigenvalue weighted by atomic mass is 10.0. The number of halogens is 1. The monoisotopic (exact) mass is 350 g/mol. The van der Waals surface area contributed by atoms with Crippen LogP contribution in [-0.4, -0.2) is 40.1 Å². The number of aliphatic hydroxyl groups is 1. The average molecular weight is 350 g/mol. The number of hydrogen-bond acceptors (Lipinski definition) is 3. The molecular formula is C21H19FN2O2. The molecule has 0 radical (unpaired) electrons. The normalized spacial score (nSPS) is 17.0. The van der Waals surface area contributed by atoms with E-state index in [4.69, 9.17) is 0 Å². The zero-order chi connectivity index (χ0) is 18.1. The van der Waals surface area contributed by atoms with Crippen LogP contribution in [0.5, 0.6) is 0 Å². The average Bonchev–Trinajstić information content (AvgIpc) is 3.16. The zero-order valence-corrected chi connectivity index (χ0v) is 14.2. The van der Waals surface area contributed by atoms with Crippen molar-refractivity contribution < 1.29 is 14.3 Å². The van der Waals surface area contributed by atoms with Crippen LogP contribution in [0.15, 0.2) is 54.6 Å². The van der Waals surface area contributed by atoms with Crippen molar-refractivity contribution in [1.82, 2.24) is 9.88 Å². The molecule has 1 aromatic heterocycles. The topological polar surface area (TPSA) is 53.4 Å². The van der Waals surface area contributed by atoms with Gasteiger partial charge in [-0.2, -0.15) is 0 Å². The molecule has 1 amide bonds. The summed E-state index contributed by atoms with van der Waals surface area (Å²) < 4.78 is 14.3. The Morgan fingerprint density at radius 1 is 1.19 bits per heavy atom. The number of hydrogen-bond donors (Lipinski definition) is 1. The second kappa shape index (κ2) is 6.84. The van der Waals surface area contributed by atoms with E-state index in [1.165, 1.54) is 6.07 Å². The highest BCUT2D eigenvalue weighted by Crippen LogP contribution is 2.29. The Labute approximate surface area is 150 Å². The lowest BCUT2D eigenvalue weighted by molar-refractivity contribution is 0.0679. The first-order valence-corrected chi connectivity index (χ1v) is 8.75. The van der Waals surface area contributed by atoms with Crippen molar-refractivity contribution in [3.8, 4) is 11.3 Å². The molecule has 0 spiro atoms. The molecule has 0 bridgehead atoms. The third-order valence-electron chi connectivity index (χ3n) is 4.95. The number of nitrogens with zero attached hydrogens (tertiary/aromatic N) is 2. The smallest absolute Gasteiger partial charge is 0.254 e. The lowest BCUT2D eigenvalue weighted by Gasteiger charge is -2.24. The summed E-state index contributed by atoms with van der Waals surface area (Å²) in [5.74, 6) is -0.513. The summed E-state index contributed by atoms with van der Waals surface area (Å²) in [6.45, 7) is 0.574. The molecule has 1 N–H and O–H groups in total. The predicted molar refractivity (Wildman–Crippen MR) is 98.3 cm³/mol. The van der Waals surface area contributed by atoms with Crippen molar-refractivity contribution in [2.75, 3.05) is 13.2 Å². The van der Waals surface area contributed by atoms with Gasteiger partial charge in [0.05, 0.1) is 29.4 Å². The summed E-state index contributed by atoms with van der Waals surface area (Å²) >= 11 is 0. The maximum atomic E-state index is 14.3. The number of likely N-dealkylation sites (tertiary alicyclic amines) is 1. The second-order valence-corrected chi connectivity index (χ2v) is 6.53. The predicted octanol–water partition coefficient (Wildman–Crippen LogP) is 3.64. The highest BCUT2D eigenvalue weighted by atomic mass is 19.1. The van der Waals surface area contributed by atoms with Gasteiger partial charge >= 0.3 is 0 Å². The van der Waals surface area contributed by atoms with Gasteiger partial charge in [0, 0.05) is 17.5 Å². The maximum Gasteiger partial charge on any atom is 0.254 e. The van der Waals surface area contributed by atoms with Gasteiger partial charge in [-0.1, -0.05) is 30.3 Å². The summed E-state index contributed by atoms with van der Waals surface area (Å²) in [6, 6.07) is 15.3. The molecule has 0 saturated carbocycles. The summed E-state index contributed by atoms with van der Waals surface area (Å²) in [5, 5.41) is 10.3. The van der Waals surface area contributed by atoms with E-state index in [1.54, 1.807) is 29.2 Å². The molecule has 1 atom stereocenters. The fourth-order valence-corrected chi connectivity index (χ4v) is 3.61. The minimum atomic E-state index is -0.372. The fourth-order valence-electron chi connectivity index (χ4n) is 3.61. The van der Waals surface area contributed by atoms with Gasteiger partial charge < -0.3 is 10.0 Å². The number of carbonyl (C=O) groups excluding carboxylic acids is 1. The van der Waals surface area contributed by atoms with E-state index in [2.05, 4.69) is 4.98 Å². The minimum absolute atomic E-state index is 0.0467. The van der Waals surface area contributed by atoms with Crippen molar-refractivity contribution in [1.29, 1.82) is 0 Å². The van der Waals surface area contributed by atoms with Crippen LogP contribution in [0.4, 0.5) is 4.39 Å². The van der Waals surface area contributed by atoms with Gasteiger partial charge in [-0.25, -0.2) is 9.37 Å². The number of pyridine rings is 1. The Morgan fingerprint density at radius 3 is 2.77 bits per heavy atom. The van der Waals surface area contributed by atoms with Gasteiger partial charge in [0.1, 0.15) is 5.82 Å².